The lowest BCUT2D eigenvalue weighted by atomic mass is 9.76. The number of carbonyl (C=O) groups excluding carboxylic acids is 1. The highest BCUT2D eigenvalue weighted by molar-refractivity contribution is 7.99. The lowest BCUT2D eigenvalue weighted by Gasteiger charge is -2.33. The van der Waals surface area contributed by atoms with Crippen molar-refractivity contribution < 1.29 is 24.5 Å². The van der Waals surface area contributed by atoms with Crippen molar-refractivity contribution in [3.8, 4) is 11.5 Å². The lowest BCUT2D eigenvalue weighted by molar-refractivity contribution is -0.145. The van der Waals surface area contributed by atoms with Crippen LogP contribution < -0.4 is 4.74 Å². The molecule has 0 saturated heterocycles. The molecule has 62 heavy (non-hydrogen) atoms. The summed E-state index contributed by atoms with van der Waals surface area (Å²) >= 11 is 1.62. The van der Waals surface area contributed by atoms with Crippen LogP contribution in [0.25, 0.3) is 0 Å². The Hall–Kier alpha value is -2.47. The summed E-state index contributed by atoms with van der Waals surface area (Å²) in [5.74, 6) is 1.29. The van der Waals surface area contributed by atoms with Crippen LogP contribution in [0.4, 0.5) is 0 Å². The van der Waals surface area contributed by atoms with Gasteiger partial charge in [-0.05, 0) is 83.9 Å². The maximum atomic E-state index is 15.1. The molecule has 0 saturated carbocycles. The van der Waals surface area contributed by atoms with E-state index in [9.17, 15) is 15.0 Å². The first-order valence-electron chi connectivity index (χ1n) is 25.4. The minimum absolute atomic E-state index is 0.0951. The van der Waals surface area contributed by atoms with Crippen LogP contribution in [0.3, 0.4) is 0 Å². The number of carboxylic acids is 1. The van der Waals surface area contributed by atoms with Crippen LogP contribution in [0.1, 0.15) is 262 Å². The standard InChI is InChI=1S/C56H94O5S/c1-12-15-17-19-21-23-25-27-29-31-35-56(42-62-37-34-52(58)59,36-32-30-28-26-24-22-20-18-16-13-2)53(60)61-51-39-44(5)47(41-49(51)55(9,10)11)45(33-14-3)46-40-48(54(6,7)8)50(57)38-43(46)4/h38-41,45,57H,12-37,42H2,1-11H3,(H,58,59). The summed E-state index contributed by atoms with van der Waals surface area (Å²) in [5.41, 5.74) is 5.51. The number of phenolic OH excluding ortho intramolecular Hbond substituents is 1. The SMILES string of the molecule is CCCCCCCCCCCCC(CCCCCCCCCCCC)(CSCCC(=O)O)C(=O)Oc1cc(C)c(C(CCC)c2cc(C(C)(C)C)c(O)cc2C)cc1C(C)(C)C. The third kappa shape index (κ3) is 19.7. The van der Waals surface area contributed by atoms with Crippen molar-refractivity contribution in [1.82, 2.24) is 0 Å². The van der Waals surface area contributed by atoms with Gasteiger partial charge in [-0.3, -0.25) is 9.59 Å². The van der Waals surface area contributed by atoms with E-state index in [0.29, 0.717) is 23.0 Å². The van der Waals surface area contributed by atoms with Crippen LogP contribution >= 0.6 is 11.8 Å². The highest BCUT2D eigenvalue weighted by Crippen LogP contribution is 2.44. The van der Waals surface area contributed by atoms with E-state index in [1.807, 2.05) is 6.07 Å². The smallest absolute Gasteiger partial charge is 0.318 e. The molecule has 2 rings (SSSR count). The fraction of sp³-hybridized carbons (Fsp3) is 0.750. The number of phenols is 1. The number of hydrogen-bond acceptors (Lipinski definition) is 5. The highest BCUT2D eigenvalue weighted by Gasteiger charge is 2.40. The third-order valence-electron chi connectivity index (χ3n) is 13.2. The van der Waals surface area contributed by atoms with E-state index in [2.05, 4.69) is 94.4 Å². The Morgan fingerprint density at radius 2 is 1.02 bits per heavy atom. The number of aryl methyl sites for hydroxylation is 2. The van der Waals surface area contributed by atoms with Crippen molar-refractivity contribution in [3.63, 3.8) is 0 Å². The van der Waals surface area contributed by atoms with E-state index in [1.165, 1.54) is 114 Å². The monoisotopic (exact) mass is 879 g/mol. The molecular weight excluding hydrogens is 785 g/mol. The van der Waals surface area contributed by atoms with Crippen LogP contribution in [0.5, 0.6) is 11.5 Å². The predicted molar refractivity (Wildman–Crippen MR) is 269 cm³/mol. The molecule has 2 aromatic carbocycles. The van der Waals surface area contributed by atoms with Crippen LogP contribution in [0.2, 0.25) is 0 Å². The maximum Gasteiger partial charge on any atom is 0.318 e. The van der Waals surface area contributed by atoms with Gasteiger partial charge in [0.1, 0.15) is 11.5 Å². The molecule has 6 heteroatoms. The zero-order valence-electron chi connectivity index (χ0n) is 42.0. The molecule has 0 heterocycles. The number of aromatic hydroxyl groups is 1. The second-order valence-electron chi connectivity index (χ2n) is 21.0. The van der Waals surface area contributed by atoms with E-state index >= 15 is 4.79 Å². The van der Waals surface area contributed by atoms with Gasteiger partial charge in [0, 0.05) is 23.0 Å². The van der Waals surface area contributed by atoms with E-state index in [4.69, 9.17) is 4.74 Å². The molecule has 2 N–H and O–H groups in total. The topological polar surface area (TPSA) is 83.8 Å². The van der Waals surface area contributed by atoms with Gasteiger partial charge in [0.05, 0.1) is 11.8 Å². The van der Waals surface area contributed by atoms with E-state index in [0.717, 1.165) is 73.6 Å². The Bertz CT molecular complexity index is 1560. The fourth-order valence-electron chi connectivity index (χ4n) is 9.27. The van der Waals surface area contributed by atoms with Crippen molar-refractivity contribution in [2.75, 3.05) is 11.5 Å². The number of hydrogen-bond donors (Lipinski definition) is 2. The molecule has 354 valence electrons. The Morgan fingerprint density at radius 3 is 1.44 bits per heavy atom. The van der Waals surface area contributed by atoms with Crippen LogP contribution in [0.15, 0.2) is 24.3 Å². The second kappa shape index (κ2) is 29.1. The largest absolute Gasteiger partial charge is 0.508 e. The van der Waals surface area contributed by atoms with Crippen molar-refractivity contribution in [3.05, 3.63) is 57.6 Å². The number of thioether (sulfide) groups is 1. The zero-order valence-corrected chi connectivity index (χ0v) is 42.8. The summed E-state index contributed by atoms with van der Waals surface area (Å²) < 4.78 is 6.78. The number of benzene rings is 2. The Labute approximate surface area is 386 Å². The van der Waals surface area contributed by atoms with Crippen molar-refractivity contribution in [2.45, 2.75) is 253 Å². The first-order valence-corrected chi connectivity index (χ1v) is 26.6. The van der Waals surface area contributed by atoms with Gasteiger partial charge in [-0.15, -0.1) is 0 Å². The van der Waals surface area contributed by atoms with Gasteiger partial charge >= 0.3 is 11.9 Å². The first-order chi connectivity index (χ1) is 29.4. The normalized spacial score (nSPS) is 12.8. The average molecular weight is 879 g/mol. The minimum atomic E-state index is -0.793. The molecular formula is C56H94O5S. The molecule has 0 aliphatic heterocycles. The molecule has 0 spiro atoms. The molecule has 0 fully saturated rings. The molecule has 0 aromatic heterocycles. The molecule has 0 aliphatic rings. The van der Waals surface area contributed by atoms with Crippen LogP contribution in [0, 0.1) is 19.3 Å². The number of carboxylic acid groups (broad SMARTS) is 1. The van der Waals surface area contributed by atoms with Gasteiger partial charge in [0.15, 0.2) is 0 Å². The maximum absolute atomic E-state index is 15.1. The van der Waals surface area contributed by atoms with Gasteiger partial charge in [0.25, 0.3) is 0 Å². The summed E-state index contributed by atoms with van der Waals surface area (Å²) in [6.45, 7) is 24.1. The van der Waals surface area contributed by atoms with Crippen molar-refractivity contribution in [2.24, 2.45) is 5.41 Å². The summed E-state index contributed by atoms with van der Waals surface area (Å²) in [6.07, 6.45) is 28.4. The average Bonchev–Trinajstić information content (AvgIpc) is 3.19. The number of rotatable bonds is 33. The highest BCUT2D eigenvalue weighted by atomic mass is 32.2. The summed E-state index contributed by atoms with van der Waals surface area (Å²) in [5, 5.41) is 20.5. The zero-order chi connectivity index (χ0) is 46.2. The number of carbonyl (C=O) groups is 2. The summed E-state index contributed by atoms with van der Waals surface area (Å²) in [6, 6.07) is 8.61. The molecule has 0 amide bonds. The fourth-order valence-corrected chi connectivity index (χ4v) is 10.5. The molecule has 0 aliphatic carbocycles. The number of aliphatic carboxylic acids is 1. The first kappa shape index (κ1) is 55.7. The van der Waals surface area contributed by atoms with E-state index in [-0.39, 0.29) is 29.1 Å². The molecule has 2 aromatic rings. The molecule has 1 unspecified atom stereocenters. The minimum Gasteiger partial charge on any atom is -0.508 e. The molecule has 5 nitrogen and oxygen atoms in total. The van der Waals surface area contributed by atoms with Gasteiger partial charge in [-0.25, -0.2) is 0 Å². The lowest BCUT2D eigenvalue weighted by Crippen LogP contribution is -2.38. The van der Waals surface area contributed by atoms with E-state index < -0.39 is 11.4 Å². The molecule has 1 atom stereocenters. The molecule has 0 bridgehead atoms. The van der Waals surface area contributed by atoms with Gasteiger partial charge in [0.2, 0.25) is 0 Å². The second-order valence-corrected chi connectivity index (χ2v) is 22.1. The Kier molecular flexibility index (Phi) is 26.2. The van der Waals surface area contributed by atoms with Crippen molar-refractivity contribution >= 4 is 23.7 Å². The summed E-state index contributed by atoms with van der Waals surface area (Å²) in [7, 11) is 0. The van der Waals surface area contributed by atoms with Crippen LogP contribution in [-0.4, -0.2) is 33.7 Å². The quantitative estimate of drug-likeness (QED) is 0.0422. The van der Waals surface area contributed by atoms with Crippen LogP contribution in [-0.2, 0) is 20.4 Å². The number of unbranched alkanes of at least 4 members (excludes halogenated alkanes) is 18. The Balaban J connectivity index is 2.51. The van der Waals surface area contributed by atoms with Gasteiger partial charge < -0.3 is 14.9 Å². The Morgan fingerprint density at radius 1 is 0.597 bits per heavy atom. The van der Waals surface area contributed by atoms with Gasteiger partial charge in [-0.2, -0.15) is 11.8 Å². The third-order valence-corrected chi connectivity index (χ3v) is 14.4. The number of ether oxygens (including phenoxy) is 1. The van der Waals surface area contributed by atoms with Gasteiger partial charge in [-0.1, -0.05) is 209 Å². The number of esters is 1. The van der Waals surface area contributed by atoms with Crippen molar-refractivity contribution in [1.29, 1.82) is 0 Å². The summed E-state index contributed by atoms with van der Waals surface area (Å²) in [4.78, 5) is 26.7. The predicted octanol–water partition coefficient (Wildman–Crippen LogP) is 17.3. The molecule has 0 radical (unpaired) electrons. The van der Waals surface area contributed by atoms with E-state index in [1.54, 1.807) is 11.8 Å².